The predicted molar refractivity (Wildman–Crippen MR) is 89.5 cm³/mol. The van der Waals surface area contributed by atoms with Gasteiger partial charge in [0.15, 0.2) is 11.0 Å². The predicted octanol–water partition coefficient (Wildman–Crippen LogP) is 3.73. The normalized spacial score (nSPS) is 18.0. The van der Waals surface area contributed by atoms with Crippen molar-refractivity contribution in [1.29, 1.82) is 0 Å². The fourth-order valence-corrected chi connectivity index (χ4v) is 4.20. The highest BCUT2D eigenvalue weighted by atomic mass is 32.1. The van der Waals surface area contributed by atoms with E-state index in [1.165, 1.54) is 17.4 Å². The summed E-state index contributed by atoms with van der Waals surface area (Å²) < 4.78 is 16.5. The molecule has 3 aromatic rings. The van der Waals surface area contributed by atoms with E-state index in [9.17, 15) is 4.39 Å². The summed E-state index contributed by atoms with van der Waals surface area (Å²) in [5.74, 6) is 2.16. The Balaban J connectivity index is 1.72. The third kappa shape index (κ3) is 2.30. The van der Waals surface area contributed by atoms with E-state index >= 15 is 0 Å². The van der Waals surface area contributed by atoms with Crippen molar-refractivity contribution in [2.45, 2.75) is 39.3 Å². The first-order chi connectivity index (χ1) is 11.0. The van der Waals surface area contributed by atoms with E-state index in [4.69, 9.17) is 0 Å². The summed E-state index contributed by atoms with van der Waals surface area (Å²) in [5, 5.41) is 9.66. The zero-order valence-corrected chi connectivity index (χ0v) is 14.1. The third-order valence-electron chi connectivity index (χ3n) is 4.31. The summed E-state index contributed by atoms with van der Waals surface area (Å²) in [5.41, 5.74) is 0.841. The molecule has 1 aliphatic rings. The average molecular weight is 331 g/mol. The Morgan fingerprint density at radius 2 is 2.09 bits per heavy atom. The fraction of sp³-hybridized carbons (Fsp3) is 0.438. The lowest BCUT2D eigenvalue weighted by atomic mass is 10.1. The number of hydrogen-bond acceptors (Lipinski definition) is 5. The first kappa shape index (κ1) is 14.6. The number of anilines is 1. The number of thiazole rings is 1. The summed E-state index contributed by atoms with van der Waals surface area (Å²) in [6, 6.07) is 4.84. The molecule has 23 heavy (non-hydrogen) atoms. The quantitative estimate of drug-likeness (QED) is 0.718. The van der Waals surface area contributed by atoms with E-state index in [1.807, 2.05) is 0 Å². The molecule has 0 radical (unpaired) electrons. The second-order valence-corrected chi connectivity index (χ2v) is 7.21. The highest BCUT2D eigenvalue weighted by molar-refractivity contribution is 7.22. The zero-order chi connectivity index (χ0) is 16.1. The molecule has 120 valence electrons. The van der Waals surface area contributed by atoms with Crippen molar-refractivity contribution in [2.24, 2.45) is 0 Å². The molecule has 1 aromatic carbocycles. The molecule has 0 bridgehead atoms. The Morgan fingerprint density at radius 3 is 2.87 bits per heavy atom. The Kier molecular flexibility index (Phi) is 3.33. The van der Waals surface area contributed by atoms with Gasteiger partial charge in [-0.3, -0.25) is 0 Å². The van der Waals surface area contributed by atoms with Crippen molar-refractivity contribution in [3.8, 4) is 0 Å². The molecule has 7 heteroatoms. The van der Waals surface area contributed by atoms with Gasteiger partial charge in [-0.05, 0) is 25.1 Å². The van der Waals surface area contributed by atoms with Crippen LogP contribution in [-0.4, -0.2) is 26.3 Å². The van der Waals surface area contributed by atoms with Gasteiger partial charge in [-0.1, -0.05) is 25.2 Å². The Bertz CT molecular complexity index is 869. The molecule has 0 fully saturated rings. The molecule has 0 saturated heterocycles. The van der Waals surface area contributed by atoms with E-state index in [-0.39, 0.29) is 11.9 Å². The van der Waals surface area contributed by atoms with Crippen LogP contribution in [0.2, 0.25) is 0 Å². The van der Waals surface area contributed by atoms with Gasteiger partial charge in [0.05, 0.1) is 16.3 Å². The molecule has 4 rings (SSSR count). The third-order valence-corrected chi connectivity index (χ3v) is 5.37. The summed E-state index contributed by atoms with van der Waals surface area (Å²) in [7, 11) is 0. The lowest BCUT2D eigenvalue weighted by Gasteiger charge is -2.33. The lowest BCUT2D eigenvalue weighted by Crippen LogP contribution is -2.37. The highest BCUT2D eigenvalue weighted by Gasteiger charge is 2.30. The van der Waals surface area contributed by atoms with Crippen molar-refractivity contribution < 1.29 is 4.39 Å². The molecule has 1 unspecified atom stereocenters. The Hall–Kier alpha value is -2.02. The Morgan fingerprint density at radius 1 is 1.26 bits per heavy atom. The molecule has 0 aliphatic carbocycles. The molecule has 1 aliphatic heterocycles. The fourth-order valence-electron chi connectivity index (χ4n) is 3.10. The van der Waals surface area contributed by atoms with Gasteiger partial charge >= 0.3 is 0 Å². The molecule has 0 saturated carbocycles. The second-order valence-electron chi connectivity index (χ2n) is 6.20. The number of aromatic nitrogens is 4. The van der Waals surface area contributed by atoms with Crippen molar-refractivity contribution in [1.82, 2.24) is 19.7 Å². The molecule has 0 amide bonds. The molecular formula is C16H18FN5S. The maximum Gasteiger partial charge on any atom is 0.187 e. The summed E-state index contributed by atoms with van der Waals surface area (Å²) in [4.78, 5) is 6.90. The SMILES string of the molecule is CC(C)c1nnc2n1CCN(c1nc3ccc(F)cc3s1)C2C. The van der Waals surface area contributed by atoms with Crippen LogP contribution < -0.4 is 4.90 Å². The van der Waals surface area contributed by atoms with Crippen LogP contribution in [0.3, 0.4) is 0 Å². The molecule has 5 nitrogen and oxygen atoms in total. The van der Waals surface area contributed by atoms with Gasteiger partial charge in [0.1, 0.15) is 11.6 Å². The van der Waals surface area contributed by atoms with Crippen LogP contribution in [0.1, 0.15) is 44.4 Å². The van der Waals surface area contributed by atoms with Crippen molar-refractivity contribution >= 4 is 26.7 Å². The van der Waals surface area contributed by atoms with Crippen LogP contribution in [0.15, 0.2) is 18.2 Å². The smallest absolute Gasteiger partial charge is 0.187 e. The Labute approximate surface area is 137 Å². The lowest BCUT2D eigenvalue weighted by molar-refractivity contribution is 0.480. The molecular weight excluding hydrogens is 313 g/mol. The van der Waals surface area contributed by atoms with E-state index in [0.29, 0.717) is 5.92 Å². The topological polar surface area (TPSA) is 46.8 Å². The largest absolute Gasteiger partial charge is 0.336 e. The van der Waals surface area contributed by atoms with Gasteiger partial charge in [-0.25, -0.2) is 9.37 Å². The minimum Gasteiger partial charge on any atom is -0.336 e. The van der Waals surface area contributed by atoms with Crippen LogP contribution in [0.25, 0.3) is 10.2 Å². The van der Waals surface area contributed by atoms with Gasteiger partial charge < -0.3 is 9.47 Å². The average Bonchev–Trinajstić information content (AvgIpc) is 3.11. The molecule has 2 aromatic heterocycles. The second kappa shape index (κ2) is 5.26. The summed E-state index contributed by atoms with van der Waals surface area (Å²) in [6.45, 7) is 8.10. The number of nitrogens with zero attached hydrogens (tertiary/aromatic N) is 5. The molecule has 0 N–H and O–H groups in total. The number of benzene rings is 1. The number of rotatable bonds is 2. The number of halogens is 1. The van der Waals surface area contributed by atoms with Crippen molar-refractivity contribution in [3.63, 3.8) is 0 Å². The van der Waals surface area contributed by atoms with Crippen LogP contribution >= 0.6 is 11.3 Å². The first-order valence-corrected chi connectivity index (χ1v) is 8.62. The van der Waals surface area contributed by atoms with E-state index in [0.717, 1.165) is 40.1 Å². The van der Waals surface area contributed by atoms with Crippen LogP contribution in [-0.2, 0) is 6.54 Å². The summed E-state index contributed by atoms with van der Waals surface area (Å²) >= 11 is 1.53. The van der Waals surface area contributed by atoms with Gasteiger partial charge in [0, 0.05) is 19.0 Å². The van der Waals surface area contributed by atoms with Crippen LogP contribution in [0, 0.1) is 5.82 Å². The maximum absolute atomic E-state index is 13.4. The highest BCUT2D eigenvalue weighted by Crippen LogP contribution is 2.36. The minimum absolute atomic E-state index is 0.106. The van der Waals surface area contributed by atoms with Crippen LogP contribution in [0.4, 0.5) is 9.52 Å². The van der Waals surface area contributed by atoms with Gasteiger partial charge in [0.25, 0.3) is 0 Å². The van der Waals surface area contributed by atoms with Crippen molar-refractivity contribution in [3.05, 3.63) is 35.7 Å². The molecule has 0 spiro atoms. The number of hydrogen-bond donors (Lipinski definition) is 0. The standard InChI is InChI=1S/C16H18FN5S/c1-9(2)14-19-20-15-10(3)21(6-7-22(14)15)16-18-12-5-4-11(17)8-13(12)23-16/h4-5,8-10H,6-7H2,1-3H3. The van der Waals surface area contributed by atoms with Crippen LogP contribution in [0.5, 0.6) is 0 Å². The van der Waals surface area contributed by atoms with E-state index < -0.39 is 0 Å². The summed E-state index contributed by atoms with van der Waals surface area (Å²) in [6.07, 6.45) is 0. The monoisotopic (exact) mass is 331 g/mol. The zero-order valence-electron chi connectivity index (χ0n) is 13.3. The maximum atomic E-state index is 13.4. The van der Waals surface area contributed by atoms with E-state index in [1.54, 1.807) is 12.1 Å². The van der Waals surface area contributed by atoms with Gasteiger partial charge in [-0.15, -0.1) is 10.2 Å². The molecule has 3 heterocycles. The first-order valence-electron chi connectivity index (χ1n) is 7.80. The van der Waals surface area contributed by atoms with E-state index in [2.05, 4.69) is 45.4 Å². The minimum atomic E-state index is -0.222. The van der Waals surface area contributed by atoms with Crippen molar-refractivity contribution in [2.75, 3.05) is 11.4 Å². The number of fused-ring (bicyclic) bond motifs is 2. The molecule has 1 atom stereocenters. The van der Waals surface area contributed by atoms with Gasteiger partial charge in [0.2, 0.25) is 0 Å². The van der Waals surface area contributed by atoms with Gasteiger partial charge in [-0.2, -0.15) is 0 Å².